The summed E-state index contributed by atoms with van der Waals surface area (Å²) in [5.74, 6) is 0.935. The first-order chi connectivity index (χ1) is 7.20. The Morgan fingerprint density at radius 3 is 2.56 bits per heavy atom. The Balaban J connectivity index is 0.00000225. The van der Waals surface area contributed by atoms with Crippen LogP contribution in [0.15, 0.2) is 0 Å². The summed E-state index contributed by atoms with van der Waals surface area (Å²) < 4.78 is 0. The fraction of sp³-hybridized carbons (Fsp3) is 0.917. The summed E-state index contributed by atoms with van der Waals surface area (Å²) in [5, 5.41) is 2.84. The van der Waals surface area contributed by atoms with E-state index in [1.807, 2.05) is 0 Å². The Morgan fingerprint density at radius 1 is 1.38 bits per heavy atom. The number of unbranched alkanes of at least 4 members (excludes halogenated alkanes) is 1. The predicted octanol–water partition coefficient (Wildman–Crippen LogP) is 2.23. The Morgan fingerprint density at radius 2 is 2.00 bits per heavy atom. The third-order valence-electron chi connectivity index (χ3n) is 3.23. The first-order valence-corrected chi connectivity index (χ1v) is 6.23. The summed E-state index contributed by atoms with van der Waals surface area (Å²) in [5.41, 5.74) is 5.44. The van der Waals surface area contributed by atoms with Crippen LogP contribution in [0.5, 0.6) is 0 Å². The molecule has 0 aromatic carbocycles. The molecule has 3 N–H and O–H groups in total. The Labute approximate surface area is 105 Å². The normalized spacial score (nSPS) is 17.9. The second kappa shape index (κ2) is 8.82. The molecular weight excluding hydrogens is 224 g/mol. The minimum absolute atomic E-state index is 0. The predicted molar refractivity (Wildman–Crippen MR) is 69.7 cm³/mol. The SMILES string of the molecule is C[C@H](N)C(=O)NCCCCC1CCCC1.Cl. The molecule has 1 atom stereocenters. The van der Waals surface area contributed by atoms with Crippen molar-refractivity contribution in [3.63, 3.8) is 0 Å². The van der Waals surface area contributed by atoms with Gasteiger partial charge in [0.05, 0.1) is 6.04 Å². The first kappa shape index (κ1) is 15.7. The van der Waals surface area contributed by atoms with Gasteiger partial charge in [-0.1, -0.05) is 38.5 Å². The van der Waals surface area contributed by atoms with E-state index in [4.69, 9.17) is 5.73 Å². The lowest BCUT2D eigenvalue weighted by Crippen LogP contribution is -2.38. The zero-order valence-electron chi connectivity index (χ0n) is 10.2. The van der Waals surface area contributed by atoms with Crippen molar-refractivity contribution in [3.05, 3.63) is 0 Å². The molecule has 0 saturated heterocycles. The molecular formula is C12H25ClN2O. The summed E-state index contributed by atoms with van der Waals surface area (Å²) in [6.45, 7) is 2.50. The minimum Gasteiger partial charge on any atom is -0.355 e. The van der Waals surface area contributed by atoms with E-state index in [1.54, 1.807) is 6.92 Å². The van der Waals surface area contributed by atoms with Gasteiger partial charge in [-0.3, -0.25) is 4.79 Å². The van der Waals surface area contributed by atoms with Gasteiger partial charge in [0.25, 0.3) is 0 Å². The van der Waals surface area contributed by atoms with Crippen LogP contribution in [-0.4, -0.2) is 18.5 Å². The quantitative estimate of drug-likeness (QED) is 0.709. The van der Waals surface area contributed by atoms with E-state index in [-0.39, 0.29) is 24.4 Å². The number of carbonyl (C=O) groups is 1. The van der Waals surface area contributed by atoms with E-state index in [2.05, 4.69) is 5.32 Å². The van der Waals surface area contributed by atoms with Crippen LogP contribution < -0.4 is 11.1 Å². The van der Waals surface area contributed by atoms with Gasteiger partial charge in [-0.05, 0) is 19.3 Å². The molecule has 0 aromatic heterocycles. The molecule has 0 aliphatic heterocycles. The molecule has 16 heavy (non-hydrogen) atoms. The number of amides is 1. The number of rotatable bonds is 6. The molecule has 1 aliphatic rings. The van der Waals surface area contributed by atoms with Gasteiger partial charge in [-0.2, -0.15) is 0 Å². The van der Waals surface area contributed by atoms with Crippen LogP contribution in [0.4, 0.5) is 0 Å². The molecule has 1 rings (SSSR count). The molecule has 1 saturated carbocycles. The first-order valence-electron chi connectivity index (χ1n) is 6.23. The average molecular weight is 249 g/mol. The molecule has 96 valence electrons. The lowest BCUT2D eigenvalue weighted by Gasteiger charge is -2.09. The highest BCUT2D eigenvalue weighted by Crippen LogP contribution is 2.28. The molecule has 1 aliphatic carbocycles. The van der Waals surface area contributed by atoms with Gasteiger partial charge in [-0.15, -0.1) is 12.4 Å². The monoisotopic (exact) mass is 248 g/mol. The number of halogens is 1. The molecule has 1 amide bonds. The van der Waals surface area contributed by atoms with E-state index >= 15 is 0 Å². The third-order valence-corrected chi connectivity index (χ3v) is 3.23. The largest absolute Gasteiger partial charge is 0.355 e. The van der Waals surface area contributed by atoms with E-state index in [9.17, 15) is 4.79 Å². The summed E-state index contributed by atoms with van der Waals surface area (Å²) in [6.07, 6.45) is 9.36. The maximum atomic E-state index is 11.1. The maximum absolute atomic E-state index is 11.1. The van der Waals surface area contributed by atoms with Crippen molar-refractivity contribution in [1.82, 2.24) is 5.32 Å². The Hall–Kier alpha value is -0.280. The van der Waals surface area contributed by atoms with E-state index in [0.29, 0.717) is 0 Å². The van der Waals surface area contributed by atoms with Gasteiger partial charge in [0, 0.05) is 6.54 Å². The van der Waals surface area contributed by atoms with Crippen molar-refractivity contribution in [2.45, 2.75) is 57.9 Å². The highest BCUT2D eigenvalue weighted by atomic mass is 35.5. The van der Waals surface area contributed by atoms with Crippen molar-refractivity contribution in [2.75, 3.05) is 6.54 Å². The second-order valence-corrected chi connectivity index (χ2v) is 4.73. The summed E-state index contributed by atoms with van der Waals surface area (Å²) in [7, 11) is 0. The zero-order valence-corrected chi connectivity index (χ0v) is 11.0. The van der Waals surface area contributed by atoms with Crippen molar-refractivity contribution < 1.29 is 4.79 Å². The Bertz CT molecular complexity index is 191. The maximum Gasteiger partial charge on any atom is 0.236 e. The summed E-state index contributed by atoms with van der Waals surface area (Å²) in [6, 6.07) is -0.375. The smallest absolute Gasteiger partial charge is 0.236 e. The van der Waals surface area contributed by atoms with Gasteiger partial charge in [0.2, 0.25) is 5.91 Å². The van der Waals surface area contributed by atoms with Crippen molar-refractivity contribution in [2.24, 2.45) is 11.7 Å². The van der Waals surface area contributed by atoms with Gasteiger partial charge in [0.1, 0.15) is 0 Å². The van der Waals surface area contributed by atoms with Crippen LogP contribution in [0.1, 0.15) is 51.9 Å². The molecule has 0 aromatic rings. The lowest BCUT2D eigenvalue weighted by molar-refractivity contribution is -0.121. The highest BCUT2D eigenvalue weighted by molar-refractivity contribution is 5.85. The Kier molecular flexibility index (Phi) is 8.67. The lowest BCUT2D eigenvalue weighted by atomic mass is 10.0. The average Bonchev–Trinajstić information content (AvgIpc) is 2.69. The number of hydrogen-bond donors (Lipinski definition) is 2. The fourth-order valence-electron chi connectivity index (χ4n) is 2.23. The zero-order chi connectivity index (χ0) is 11.1. The van der Waals surface area contributed by atoms with E-state index < -0.39 is 0 Å². The highest BCUT2D eigenvalue weighted by Gasteiger charge is 2.14. The molecule has 4 heteroatoms. The molecule has 0 radical (unpaired) electrons. The van der Waals surface area contributed by atoms with Crippen LogP contribution in [0.2, 0.25) is 0 Å². The van der Waals surface area contributed by atoms with E-state index in [1.165, 1.54) is 38.5 Å². The van der Waals surface area contributed by atoms with Crippen LogP contribution in [0.25, 0.3) is 0 Å². The molecule has 0 heterocycles. The summed E-state index contributed by atoms with van der Waals surface area (Å²) >= 11 is 0. The molecule has 1 fully saturated rings. The molecule has 0 spiro atoms. The van der Waals surface area contributed by atoms with Gasteiger partial charge < -0.3 is 11.1 Å². The third kappa shape index (κ3) is 6.33. The molecule has 0 bridgehead atoms. The summed E-state index contributed by atoms with van der Waals surface area (Å²) in [4.78, 5) is 11.1. The van der Waals surface area contributed by atoms with Crippen LogP contribution in [0, 0.1) is 5.92 Å². The fourth-order valence-corrected chi connectivity index (χ4v) is 2.23. The van der Waals surface area contributed by atoms with Gasteiger partial charge >= 0.3 is 0 Å². The number of nitrogens with two attached hydrogens (primary N) is 1. The van der Waals surface area contributed by atoms with Crippen molar-refractivity contribution >= 4 is 18.3 Å². The number of hydrogen-bond acceptors (Lipinski definition) is 2. The molecule has 0 unspecified atom stereocenters. The van der Waals surface area contributed by atoms with Gasteiger partial charge in [0.15, 0.2) is 0 Å². The standard InChI is InChI=1S/C12H24N2O.ClH/c1-10(13)12(15)14-9-5-4-8-11-6-2-3-7-11;/h10-11H,2-9,13H2,1H3,(H,14,15);1H/t10-;/m0./s1. The van der Waals surface area contributed by atoms with Crippen LogP contribution in [-0.2, 0) is 4.79 Å². The van der Waals surface area contributed by atoms with Crippen LogP contribution in [0.3, 0.4) is 0 Å². The van der Waals surface area contributed by atoms with Crippen molar-refractivity contribution in [1.29, 1.82) is 0 Å². The van der Waals surface area contributed by atoms with Crippen molar-refractivity contribution in [3.8, 4) is 0 Å². The van der Waals surface area contributed by atoms with Crippen LogP contribution >= 0.6 is 12.4 Å². The topological polar surface area (TPSA) is 55.1 Å². The number of carbonyl (C=O) groups excluding carboxylic acids is 1. The van der Waals surface area contributed by atoms with E-state index in [0.717, 1.165) is 18.9 Å². The molecule has 3 nitrogen and oxygen atoms in total. The second-order valence-electron chi connectivity index (χ2n) is 4.73. The number of nitrogens with one attached hydrogen (secondary N) is 1. The van der Waals surface area contributed by atoms with Gasteiger partial charge in [-0.25, -0.2) is 0 Å². The minimum atomic E-state index is -0.375.